The van der Waals surface area contributed by atoms with Crippen molar-refractivity contribution in [1.82, 2.24) is 4.98 Å². The molecule has 0 fully saturated rings. The minimum atomic E-state index is 0.210. The first-order valence-electron chi connectivity index (χ1n) is 8.29. The third kappa shape index (κ3) is 2.93. The lowest BCUT2D eigenvalue weighted by atomic mass is 9.94. The molecule has 0 saturated carbocycles. The molecular weight excluding hydrogens is 350 g/mol. The molecule has 0 amide bonds. The van der Waals surface area contributed by atoms with Crippen molar-refractivity contribution in [3.8, 4) is 33.9 Å². The number of aromatic nitrogens is 1. The zero-order valence-corrected chi connectivity index (χ0v) is 14.9. The molecule has 5 heteroatoms. The molecule has 130 valence electrons. The third-order valence-corrected chi connectivity index (χ3v) is 4.77. The topological polar surface area (TPSA) is 48.4 Å². The molecule has 0 unspecified atom stereocenters. The van der Waals surface area contributed by atoms with Crippen molar-refractivity contribution in [3.63, 3.8) is 0 Å². The zero-order valence-electron chi connectivity index (χ0n) is 14.2. The van der Waals surface area contributed by atoms with Crippen LogP contribution >= 0.6 is 11.6 Å². The molecule has 1 aromatic heterocycles. The quantitative estimate of drug-likeness (QED) is 0.486. The summed E-state index contributed by atoms with van der Waals surface area (Å²) in [4.78, 5) is 15.3. The maximum atomic E-state index is 11.0. The zero-order chi connectivity index (χ0) is 18.1. The fourth-order valence-corrected chi connectivity index (χ4v) is 3.32. The van der Waals surface area contributed by atoms with Crippen LogP contribution in [0.15, 0.2) is 48.5 Å². The monoisotopic (exact) mass is 365 g/mol. The Kier molecular flexibility index (Phi) is 4.35. The molecule has 1 aliphatic rings. The van der Waals surface area contributed by atoms with Crippen LogP contribution in [0.2, 0.25) is 5.15 Å². The number of pyridine rings is 1. The Morgan fingerprint density at radius 2 is 1.77 bits per heavy atom. The van der Waals surface area contributed by atoms with Gasteiger partial charge in [-0.05, 0) is 47.9 Å². The van der Waals surface area contributed by atoms with Crippen molar-refractivity contribution in [2.75, 3.05) is 13.2 Å². The molecule has 0 aliphatic carbocycles. The number of aldehydes is 1. The minimum absolute atomic E-state index is 0.210. The van der Waals surface area contributed by atoms with Crippen molar-refractivity contribution >= 4 is 17.9 Å². The van der Waals surface area contributed by atoms with Crippen molar-refractivity contribution in [2.24, 2.45) is 0 Å². The molecule has 2 heterocycles. The number of halogens is 1. The van der Waals surface area contributed by atoms with Gasteiger partial charge in [-0.25, -0.2) is 4.98 Å². The fourth-order valence-electron chi connectivity index (χ4n) is 3.12. The lowest BCUT2D eigenvalue weighted by Gasteiger charge is -2.19. The lowest BCUT2D eigenvalue weighted by Crippen LogP contribution is -2.15. The molecule has 0 spiro atoms. The van der Waals surface area contributed by atoms with E-state index in [1.165, 1.54) is 0 Å². The van der Waals surface area contributed by atoms with Crippen LogP contribution in [0.25, 0.3) is 22.4 Å². The van der Waals surface area contributed by atoms with E-state index in [0.29, 0.717) is 25.1 Å². The Labute approximate surface area is 156 Å². The van der Waals surface area contributed by atoms with Crippen molar-refractivity contribution in [2.45, 2.75) is 6.92 Å². The minimum Gasteiger partial charge on any atom is -0.486 e. The average Bonchev–Trinajstić information content (AvgIpc) is 2.68. The molecule has 0 atom stereocenters. The number of benzene rings is 2. The van der Waals surface area contributed by atoms with Gasteiger partial charge in [0.1, 0.15) is 18.4 Å². The van der Waals surface area contributed by atoms with E-state index < -0.39 is 0 Å². The Bertz CT molecular complexity index is 1000. The summed E-state index contributed by atoms with van der Waals surface area (Å²) in [6.45, 7) is 3.18. The summed E-state index contributed by atoms with van der Waals surface area (Å²) in [5.41, 5.74) is 5.29. The van der Waals surface area contributed by atoms with Crippen molar-refractivity contribution in [1.29, 1.82) is 0 Å². The molecule has 4 rings (SSSR count). The first kappa shape index (κ1) is 16.6. The van der Waals surface area contributed by atoms with Crippen LogP contribution in [-0.2, 0) is 0 Å². The van der Waals surface area contributed by atoms with E-state index in [1.807, 2.05) is 43.3 Å². The van der Waals surface area contributed by atoms with Crippen LogP contribution < -0.4 is 9.47 Å². The maximum Gasteiger partial charge on any atom is 0.161 e. The van der Waals surface area contributed by atoms with Gasteiger partial charge in [-0.15, -0.1) is 0 Å². The van der Waals surface area contributed by atoms with E-state index in [-0.39, 0.29) is 5.15 Å². The summed E-state index contributed by atoms with van der Waals surface area (Å²) in [6, 6.07) is 15.5. The van der Waals surface area contributed by atoms with E-state index in [2.05, 4.69) is 11.1 Å². The summed E-state index contributed by atoms with van der Waals surface area (Å²) in [6.07, 6.45) is 0.706. The van der Waals surface area contributed by atoms with Gasteiger partial charge in [0.05, 0.1) is 11.3 Å². The number of hydrogen-bond acceptors (Lipinski definition) is 4. The highest BCUT2D eigenvalue weighted by atomic mass is 35.5. The second-order valence-electron chi connectivity index (χ2n) is 6.03. The molecule has 3 aromatic rings. The number of carbonyl (C=O) groups is 1. The van der Waals surface area contributed by atoms with Crippen LogP contribution in [0.1, 0.15) is 15.9 Å². The SMILES string of the molecule is Cc1c(-c2ccc3c(c2)OCCO3)cccc1-c1ccc(C=O)c(Cl)n1. The highest BCUT2D eigenvalue weighted by Gasteiger charge is 2.15. The molecule has 0 bridgehead atoms. The molecular formula is C21H16ClNO3. The molecule has 4 nitrogen and oxygen atoms in total. The van der Waals surface area contributed by atoms with Crippen LogP contribution in [-0.4, -0.2) is 24.5 Å². The summed E-state index contributed by atoms with van der Waals surface area (Å²) in [5.74, 6) is 1.53. The number of carbonyl (C=O) groups excluding carboxylic acids is 1. The Hall–Kier alpha value is -2.85. The van der Waals surface area contributed by atoms with Crippen LogP contribution in [0.5, 0.6) is 11.5 Å². The van der Waals surface area contributed by atoms with E-state index >= 15 is 0 Å². The first-order chi connectivity index (χ1) is 12.7. The van der Waals surface area contributed by atoms with Crippen molar-refractivity contribution < 1.29 is 14.3 Å². The van der Waals surface area contributed by atoms with Crippen LogP contribution in [0, 0.1) is 6.92 Å². The number of ether oxygens (including phenoxy) is 2. The highest BCUT2D eigenvalue weighted by Crippen LogP contribution is 2.37. The Balaban J connectivity index is 1.79. The van der Waals surface area contributed by atoms with Gasteiger partial charge in [0.15, 0.2) is 17.8 Å². The van der Waals surface area contributed by atoms with Gasteiger partial charge in [0.25, 0.3) is 0 Å². The molecule has 0 N–H and O–H groups in total. The van der Waals surface area contributed by atoms with Crippen LogP contribution in [0.3, 0.4) is 0 Å². The van der Waals surface area contributed by atoms with E-state index in [1.54, 1.807) is 6.07 Å². The lowest BCUT2D eigenvalue weighted by molar-refractivity contribution is 0.112. The summed E-state index contributed by atoms with van der Waals surface area (Å²) < 4.78 is 11.3. The molecule has 1 aliphatic heterocycles. The van der Waals surface area contributed by atoms with Gasteiger partial charge >= 0.3 is 0 Å². The predicted octanol–water partition coefficient (Wildman–Crippen LogP) is 4.96. The van der Waals surface area contributed by atoms with Crippen LogP contribution in [0.4, 0.5) is 0 Å². The third-order valence-electron chi connectivity index (χ3n) is 4.47. The van der Waals surface area contributed by atoms with Gasteiger partial charge < -0.3 is 9.47 Å². The molecule has 2 aromatic carbocycles. The number of rotatable bonds is 3. The highest BCUT2D eigenvalue weighted by molar-refractivity contribution is 6.31. The van der Waals surface area contributed by atoms with Gasteiger partial charge in [-0.1, -0.05) is 35.9 Å². The van der Waals surface area contributed by atoms with Gasteiger partial charge in [-0.3, -0.25) is 4.79 Å². The maximum absolute atomic E-state index is 11.0. The van der Waals surface area contributed by atoms with E-state index in [9.17, 15) is 4.79 Å². The van der Waals surface area contributed by atoms with E-state index in [0.717, 1.165) is 39.4 Å². The smallest absolute Gasteiger partial charge is 0.161 e. The standard InChI is InChI=1S/C21H16ClNO3/c1-13-16(14-6-8-19-20(11-14)26-10-9-25-19)3-2-4-17(13)18-7-5-15(12-24)21(22)23-18/h2-8,11-12H,9-10H2,1H3. The fraction of sp³-hybridized carbons (Fsp3) is 0.143. The van der Waals surface area contributed by atoms with Gasteiger partial charge in [-0.2, -0.15) is 0 Å². The number of hydrogen-bond donors (Lipinski definition) is 0. The van der Waals surface area contributed by atoms with Gasteiger partial charge in [0, 0.05) is 5.56 Å². The predicted molar refractivity (Wildman–Crippen MR) is 101 cm³/mol. The largest absolute Gasteiger partial charge is 0.486 e. The summed E-state index contributed by atoms with van der Waals surface area (Å²) in [7, 11) is 0. The second kappa shape index (κ2) is 6.81. The van der Waals surface area contributed by atoms with Gasteiger partial charge in [0.2, 0.25) is 0 Å². The van der Waals surface area contributed by atoms with Crippen molar-refractivity contribution in [3.05, 3.63) is 64.8 Å². The first-order valence-corrected chi connectivity index (χ1v) is 8.67. The Morgan fingerprint density at radius 3 is 2.54 bits per heavy atom. The number of fused-ring (bicyclic) bond motifs is 1. The normalized spacial score (nSPS) is 12.7. The molecule has 0 saturated heterocycles. The second-order valence-corrected chi connectivity index (χ2v) is 6.39. The molecule has 26 heavy (non-hydrogen) atoms. The Morgan fingerprint density at radius 1 is 1.00 bits per heavy atom. The number of nitrogens with zero attached hydrogens (tertiary/aromatic N) is 1. The average molecular weight is 366 g/mol. The summed E-state index contributed by atoms with van der Waals surface area (Å²) >= 11 is 6.10. The summed E-state index contributed by atoms with van der Waals surface area (Å²) in [5, 5.41) is 0.210. The van der Waals surface area contributed by atoms with E-state index in [4.69, 9.17) is 21.1 Å². The molecule has 0 radical (unpaired) electrons.